The van der Waals surface area contributed by atoms with E-state index in [0.29, 0.717) is 54.1 Å². The van der Waals surface area contributed by atoms with Crippen molar-refractivity contribution in [2.75, 3.05) is 10.6 Å². The molecule has 0 aliphatic heterocycles. The summed E-state index contributed by atoms with van der Waals surface area (Å²) in [6.45, 7) is 1.39. The van der Waals surface area contributed by atoms with E-state index in [0.717, 1.165) is 0 Å². The average molecular weight is 769 g/mol. The van der Waals surface area contributed by atoms with Gasteiger partial charge < -0.3 is 30.7 Å². The van der Waals surface area contributed by atoms with Crippen molar-refractivity contribution < 1.29 is 65.6 Å². The fraction of sp³-hybridized carbons (Fsp3) is 0.231. The van der Waals surface area contributed by atoms with Crippen LogP contribution in [0.1, 0.15) is 45.2 Å². The van der Waals surface area contributed by atoms with Gasteiger partial charge >= 0.3 is 18.3 Å². The summed E-state index contributed by atoms with van der Waals surface area (Å²) in [5.41, 5.74) is -9.11. The van der Waals surface area contributed by atoms with Crippen LogP contribution in [0, 0.1) is 23.7 Å². The number of carboxylic acids is 1. The largest absolute Gasteiger partial charge is 0.506 e. The van der Waals surface area contributed by atoms with E-state index in [4.69, 9.17) is 4.74 Å². The van der Waals surface area contributed by atoms with Crippen molar-refractivity contribution >= 4 is 34.9 Å². The molecular weight excluding hydrogens is 738 g/mol. The number of rotatable bonds is 10. The van der Waals surface area contributed by atoms with Gasteiger partial charge in [-0.1, -0.05) is 24.3 Å². The van der Waals surface area contributed by atoms with E-state index >= 15 is 26.3 Å². The smallest absolute Gasteiger partial charge is 0.411 e. The third kappa shape index (κ3) is 7.06. The van der Waals surface area contributed by atoms with Gasteiger partial charge in [-0.05, 0) is 109 Å². The van der Waals surface area contributed by atoms with E-state index in [1.165, 1.54) is 43.3 Å². The minimum absolute atomic E-state index is 0.114. The number of anilines is 2. The number of Topliss-reactive ketones (excluding diaryl/α,β-unsaturated/α-hetero) is 1. The molecule has 6 rings (SSSR count). The molecule has 0 aromatic heterocycles. The number of benzene rings is 4. The van der Waals surface area contributed by atoms with Crippen LogP contribution < -0.4 is 15.4 Å². The van der Waals surface area contributed by atoms with E-state index in [9.17, 15) is 34.5 Å². The second-order valence-electron chi connectivity index (χ2n) is 13.2. The van der Waals surface area contributed by atoms with Crippen molar-refractivity contribution in [1.29, 1.82) is 0 Å². The number of amides is 2. The third-order valence-corrected chi connectivity index (χ3v) is 9.88. The number of aromatic hydroxyl groups is 2. The lowest BCUT2D eigenvalue weighted by atomic mass is 9.72. The fourth-order valence-electron chi connectivity index (χ4n) is 7.22. The fourth-order valence-corrected chi connectivity index (χ4v) is 7.22. The molecule has 1 saturated carbocycles. The van der Waals surface area contributed by atoms with Gasteiger partial charge in [0, 0.05) is 11.1 Å². The first kappa shape index (κ1) is 38.4. The molecule has 2 aliphatic rings. The molecular formula is C39H30F6N2O8. The third-order valence-electron chi connectivity index (χ3n) is 9.88. The van der Waals surface area contributed by atoms with Gasteiger partial charge in [0.05, 0.1) is 23.2 Å². The molecule has 5 N–H and O–H groups in total. The zero-order chi connectivity index (χ0) is 40.0. The highest BCUT2D eigenvalue weighted by atomic mass is 19.4. The van der Waals surface area contributed by atoms with Crippen LogP contribution in [0.5, 0.6) is 23.0 Å². The van der Waals surface area contributed by atoms with Gasteiger partial charge in [0.25, 0.3) is 5.91 Å². The number of alkyl halides is 6. The van der Waals surface area contributed by atoms with Crippen LogP contribution in [0.2, 0.25) is 0 Å². The first-order valence-electron chi connectivity index (χ1n) is 16.5. The lowest BCUT2D eigenvalue weighted by molar-refractivity contribution is -0.288. The molecule has 4 unspecified atom stereocenters. The summed E-state index contributed by atoms with van der Waals surface area (Å²) in [5, 5.41) is 34.9. The van der Waals surface area contributed by atoms with E-state index in [-0.39, 0.29) is 17.1 Å². The molecule has 4 aromatic rings. The Morgan fingerprint density at radius 1 is 0.655 bits per heavy atom. The number of allylic oxidation sites excluding steroid dienone is 2. The van der Waals surface area contributed by atoms with Gasteiger partial charge in [-0.3, -0.25) is 19.2 Å². The quantitative estimate of drug-likeness (QED) is 0.0467. The topological polar surface area (TPSA) is 162 Å². The SMILES string of the molecule is CC(=O)c1ccc(Oc2ccc(C(=O)Nc3cc(C(c4ccc(O)c(NC(=O)C5C6C=CC(C6)C5C(=O)O)c4)(C(F)(F)F)C(F)(F)F)ccc3O)cc2)cc1. The number of carbonyl (C=O) groups excluding carboxylic acids is 3. The van der Waals surface area contributed by atoms with Crippen LogP contribution in [0.3, 0.4) is 0 Å². The maximum absolute atomic E-state index is 15.1. The Labute approximate surface area is 308 Å². The maximum atomic E-state index is 15.1. The summed E-state index contributed by atoms with van der Waals surface area (Å²) < 4.78 is 96.4. The van der Waals surface area contributed by atoms with Crippen molar-refractivity contribution in [2.24, 2.45) is 23.7 Å². The molecule has 0 radical (unpaired) electrons. The zero-order valence-electron chi connectivity index (χ0n) is 28.4. The Bertz CT molecular complexity index is 2190. The predicted molar refractivity (Wildman–Crippen MR) is 184 cm³/mol. The number of ether oxygens (including phenoxy) is 1. The van der Waals surface area contributed by atoms with Gasteiger partial charge in [0.15, 0.2) is 5.78 Å². The molecule has 16 heteroatoms. The van der Waals surface area contributed by atoms with E-state index in [2.05, 4.69) is 10.6 Å². The Morgan fingerprint density at radius 2 is 1.11 bits per heavy atom. The summed E-state index contributed by atoms with van der Waals surface area (Å²) in [4.78, 5) is 49.8. The number of carboxylic acid groups (broad SMARTS) is 1. The normalized spacial score (nSPS) is 19.2. The number of halogens is 6. The number of ketones is 1. The maximum Gasteiger partial charge on any atom is 0.411 e. The number of hydrogen-bond acceptors (Lipinski definition) is 7. The Morgan fingerprint density at radius 3 is 1.56 bits per heavy atom. The molecule has 1 fully saturated rings. The monoisotopic (exact) mass is 768 g/mol. The first-order valence-corrected chi connectivity index (χ1v) is 16.5. The number of hydrogen-bond donors (Lipinski definition) is 5. The van der Waals surface area contributed by atoms with Crippen molar-refractivity contribution in [3.05, 3.63) is 119 Å². The van der Waals surface area contributed by atoms with Crippen molar-refractivity contribution in [3.8, 4) is 23.0 Å². The highest BCUT2D eigenvalue weighted by Gasteiger charge is 2.72. The van der Waals surface area contributed by atoms with Crippen LogP contribution in [0.25, 0.3) is 0 Å². The summed E-state index contributed by atoms with van der Waals surface area (Å²) in [5.74, 6) is -8.08. The van der Waals surface area contributed by atoms with Crippen molar-refractivity contribution in [1.82, 2.24) is 0 Å². The predicted octanol–water partition coefficient (Wildman–Crippen LogP) is 8.22. The molecule has 4 aromatic carbocycles. The summed E-state index contributed by atoms with van der Waals surface area (Å²) in [6, 6.07) is 13.8. The minimum Gasteiger partial charge on any atom is -0.506 e. The standard InChI is InChI=1S/C39H30F6N2O8/c1-19(48)20-4-10-26(11-5-20)55-27-12-6-21(7-13-27)34(51)46-28-17-24(8-14-30(28)49)37(38(40,41)42,39(43,44)45)25-9-15-31(50)29(18-25)47-35(52)32-22-2-3-23(16-22)33(32)36(53)54/h2-15,17-18,22-23,32-33,49-50H,16H2,1H3,(H,46,51)(H,47,52)(H,53,54). The van der Waals surface area contributed by atoms with Crippen LogP contribution in [0.15, 0.2) is 97.1 Å². The van der Waals surface area contributed by atoms with E-state index < -0.39 is 93.2 Å². The zero-order valence-corrected chi connectivity index (χ0v) is 28.4. The molecule has 10 nitrogen and oxygen atoms in total. The molecule has 2 bridgehead atoms. The lowest BCUT2D eigenvalue weighted by Gasteiger charge is -2.38. The number of nitrogens with one attached hydrogen (secondary N) is 2. The molecule has 55 heavy (non-hydrogen) atoms. The molecule has 2 amide bonds. The Kier molecular flexibility index (Phi) is 9.88. The molecule has 286 valence electrons. The van der Waals surface area contributed by atoms with Gasteiger partial charge in [-0.2, -0.15) is 26.3 Å². The van der Waals surface area contributed by atoms with Crippen LogP contribution >= 0.6 is 0 Å². The Hall–Kier alpha value is -6.32. The second kappa shape index (κ2) is 14.2. The first-order chi connectivity index (χ1) is 25.8. The highest BCUT2D eigenvalue weighted by Crippen LogP contribution is 2.58. The number of phenolic OH excluding ortho intramolecular Hbond substituents is 2. The van der Waals surface area contributed by atoms with Gasteiger partial charge in [-0.25, -0.2) is 0 Å². The van der Waals surface area contributed by atoms with Gasteiger partial charge in [0.1, 0.15) is 23.0 Å². The van der Waals surface area contributed by atoms with Crippen LogP contribution in [-0.4, -0.2) is 51.2 Å². The second-order valence-corrected chi connectivity index (χ2v) is 13.2. The Balaban J connectivity index is 1.31. The van der Waals surface area contributed by atoms with Crippen LogP contribution in [-0.2, 0) is 15.0 Å². The molecule has 2 aliphatic carbocycles. The molecule has 0 saturated heterocycles. The molecule has 0 heterocycles. The van der Waals surface area contributed by atoms with E-state index in [1.54, 1.807) is 24.3 Å². The number of aliphatic carboxylic acids is 1. The average Bonchev–Trinajstić information content (AvgIpc) is 3.73. The number of carbonyl (C=O) groups is 4. The van der Waals surface area contributed by atoms with Crippen molar-refractivity contribution in [3.63, 3.8) is 0 Å². The minimum atomic E-state index is -6.15. The van der Waals surface area contributed by atoms with Crippen LogP contribution in [0.4, 0.5) is 37.7 Å². The number of fused-ring (bicyclic) bond motifs is 2. The lowest BCUT2D eigenvalue weighted by Crippen LogP contribution is -2.54. The highest BCUT2D eigenvalue weighted by molar-refractivity contribution is 6.05. The van der Waals surface area contributed by atoms with Gasteiger partial charge in [0.2, 0.25) is 11.3 Å². The molecule has 0 spiro atoms. The van der Waals surface area contributed by atoms with Crippen molar-refractivity contribution in [2.45, 2.75) is 31.1 Å². The number of phenols is 2. The van der Waals surface area contributed by atoms with Gasteiger partial charge in [-0.15, -0.1) is 0 Å². The summed E-state index contributed by atoms with van der Waals surface area (Å²) in [6.07, 6.45) is -8.73. The molecule has 4 atom stereocenters. The summed E-state index contributed by atoms with van der Waals surface area (Å²) >= 11 is 0. The summed E-state index contributed by atoms with van der Waals surface area (Å²) in [7, 11) is 0. The van der Waals surface area contributed by atoms with E-state index in [1.807, 2.05) is 0 Å².